The molecule has 2 atom stereocenters. The molecule has 112 valence electrons. The quantitative estimate of drug-likeness (QED) is 0.780. The van der Waals surface area contributed by atoms with E-state index in [0.717, 1.165) is 11.3 Å². The minimum atomic E-state index is -0.737. The van der Waals surface area contributed by atoms with Crippen LogP contribution in [0.1, 0.15) is 32.8 Å². The van der Waals surface area contributed by atoms with Crippen molar-refractivity contribution in [3.05, 3.63) is 29.8 Å². The highest BCUT2D eigenvalue weighted by molar-refractivity contribution is 5.80. The van der Waals surface area contributed by atoms with Gasteiger partial charge in [0.25, 0.3) is 0 Å². The summed E-state index contributed by atoms with van der Waals surface area (Å²) >= 11 is 0. The highest BCUT2D eigenvalue weighted by Crippen LogP contribution is 2.20. The maximum absolute atomic E-state index is 12.0. The van der Waals surface area contributed by atoms with Crippen LogP contribution in [0.2, 0.25) is 0 Å². The molecule has 0 aliphatic carbocycles. The summed E-state index contributed by atoms with van der Waals surface area (Å²) in [6.07, 6.45) is 0.440. The van der Waals surface area contributed by atoms with Gasteiger partial charge >= 0.3 is 5.97 Å². The van der Waals surface area contributed by atoms with Crippen LogP contribution in [-0.2, 0) is 9.53 Å². The number of aryl methyl sites for hydroxylation is 1. The summed E-state index contributed by atoms with van der Waals surface area (Å²) in [5.41, 5.74) is 0.413. The summed E-state index contributed by atoms with van der Waals surface area (Å²) in [6, 6.07) is 7.88. The standard InChI is InChI=1S/C16H25NO3/c1-6-19-15(18)16(4,17-5)11-13(3)20-14-9-7-8-12(2)10-14/h7-10,13,17H,6,11H2,1-5H3. The lowest BCUT2D eigenvalue weighted by Crippen LogP contribution is -2.51. The van der Waals surface area contributed by atoms with Crippen LogP contribution in [0.5, 0.6) is 5.75 Å². The molecule has 4 heteroatoms. The molecule has 0 aromatic heterocycles. The summed E-state index contributed by atoms with van der Waals surface area (Å²) in [7, 11) is 1.76. The molecule has 2 unspecified atom stereocenters. The van der Waals surface area contributed by atoms with Crippen LogP contribution in [-0.4, -0.2) is 31.3 Å². The second-order valence-electron chi connectivity index (χ2n) is 5.25. The second kappa shape index (κ2) is 7.29. The predicted octanol–water partition coefficient (Wildman–Crippen LogP) is 2.69. The molecule has 20 heavy (non-hydrogen) atoms. The van der Waals surface area contributed by atoms with Gasteiger partial charge in [-0.3, -0.25) is 4.79 Å². The first-order chi connectivity index (χ1) is 9.41. The van der Waals surface area contributed by atoms with Crippen molar-refractivity contribution in [2.75, 3.05) is 13.7 Å². The SMILES string of the molecule is CCOC(=O)C(C)(CC(C)Oc1cccc(C)c1)NC. The van der Waals surface area contributed by atoms with Crippen LogP contribution in [0.3, 0.4) is 0 Å². The first kappa shape index (κ1) is 16.5. The molecule has 1 aromatic rings. The maximum Gasteiger partial charge on any atom is 0.326 e. The summed E-state index contributed by atoms with van der Waals surface area (Å²) < 4.78 is 11.0. The van der Waals surface area contributed by atoms with Gasteiger partial charge in [-0.25, -0.2) is 0 Å². The number of carbonyl (C=O) groups excluding carboxylic acids is 1. The Hall–Kier alpha value is -1.55. The number of ether oxygens (including phenoxy) is 2. The molecule has 0 bridgehead atoms. The van der Waals surface area contributed by atoms with E-state index in [4.69, 9.17) is 9.47 Å². The molecule has 4 nitrogen and oxygen atoms in total. The lowest BCUT2D eigenvalue weighted by Gasteiger charge is -2.29. The third kappa shape index (κ3) is 4.53. The van der Waals surface area contributed by atoms with Gasteiger partial charge < -0.3 is 14.8 Å². The molecule has 0 heterocycles. The van der Waals surface area contributed by atoms with Crippen LogP contribution >= 0.6 is 0 Å². The van der Waals surface area contributed by atoms with E-state index in [1.54, 1.807) is 14.0 Å². The number of likely N-dealkylation sites (N-methyl/N-ethyl adjacent to an activating group) is 1. The Morgan fingerprint density at radius 2 is 2.15 bits per heavy atom. The highest BCUT2D eigenvalue weighted by atomic mass is 16.5. The van der Waals surface area contributed by atoms with Gasteiger partial charge in [0, 0.05) is 6.42 Å². The Morgan fingerprint density at radius 1 is 1.45 bits per heavy atom. The number of hydrogen-bond acceptors (Lipinski definition) is 4. The molecule has 0 aliphatic heterocycles. The number of rotatable bonds is 7. The molecule has 0 amide bonds. The number of hydrogen-bond donors (Lipinski definition) is 1. The van der Waals surface area contributed by atoms with E-state index in [9.17, 15) is 4.79 Å². The molecule has 1 aromatic carbocycles. The molecule has 0 aliphatic rings. The van der Waals surface area contributed by atoms with E-state index >= 15 is 0 Å². The molecule has 0 saturated heterocycles. The van der Waals surface area contributed by atoms with Gasteiger partial charge in [-0.15, -0.1) is 0 Å². The molecule has 1 rings (SSSR count). The van der Waals surface area contributed by atoms with Crippen LogP contribution < -0.4 is 10.1 Å². The maximum atomic E-state index is 12.0. The summed E-state index contributed by atoms with van der Waals surface area (Å²) in [6.45, 7) is 8.00. The average molecular weight is 279 g/mol. The monoisotopic (exact) mass is 279 g/mol. The fourth-order valence-electron chi connectivity index (χ4n) is 2.12. The first-order valence-corrected chi connectivity index (χ1v) is 7.00. The van der Waals surface area contributed by atoms with Crippen molar-refractivity contribution >= 4 is 5.97 Å². The normalized spacial score (nSPS) is 15.2. The van der Waals surface area contributed by atoms with E-state index in [1.807, 2.05) is 45.0 Å². The van der Waals surface area contributed by atoms with Crippen molar-refractivity contribution in [1.82, 2.24) is 5.32 Å². The molecule has 1 N–H and O–H groups in total. The van der Waals surface area contributed by atoms with Gasteiger partial charge in [0.05, 0.1) is 12.7 Å². The van der Waals surface area contributed by atoms with Crippen molar-refractivity contribution in [3.8, 4) is 5.75 Å². The predicted molar refractivity (Wildman–Crippen MR) is 80.0 cm³/mol. The number of benzene rings is 1. The minimum absolute atomic E-state index is 0.0985. The minimum Gasteiger partial charge on any atom is -0.491 e. The van der Waals surface area contributed by atoms with E-state index in [1.165, 1.54) is 0 Å². The summed E-state index contributed by atoms with van der Waals surface area (Å²) in [5.74, 6) is 0.571. The van der Waals surface area contributed by atoms with Crippen molar-refractivity contribution in [2.45, 2.75) is 45.8 Å². The van der Waals surface area contributed by atoms with E-state index < -0.39 is 5.54 Å². The Labute approximate surface area is 121 Å². The lowest BCUT2D eigenvalue weighted by atomic mass is 9.95. The zero-order valence-electron chi connectivity index (χ0n) is 13.0. The van der Waals surface area contributed by atoms with Crippen LogP contribution in [0.25, 0.3) is 0 Å². The van der Waals surface area contributed by atoms with Crippen LogP contribution in [0.4, 0.5) is 0 Å². The van der Waals surface area contributed by atoms with Gasteiger partial charge in [0.15, 0.2) is 0 Å². The number of esters is 1. The zero-order valence-corrected chi connectivity index (χ0v) is 13.0. The van der Waals surface area contributed by atoms with Crippen LogP contribution in [0.15, 0.2) is 24.3 Å². The summed E-state index contributed by atoms with van der Waals surface area (Å²) in [4.78, 5) is 12.0. The fraction of sp³-hybridized carbons (Fsp3) is 0.562. The Kier molecular flexibility index (Phi) is 6.02. The molecule has 0 saturated carbocycles. The highest BCUT2D eigenvalue weighted by Gasteiger charge is 2.35. The van der Waals surface area contributed by atoms with Crippen LogP contribution in [0, 0.1) is 6.92 Å². The molecule has 0 radical (unpaired) electrons. The van der Waals surface area contributed by atoms with Crippen molar-refractivity contribution in [2.24, 2.45) is 0 Å². The number of nitrogens with one attached hydrogen (secondary N) is 1. The first-order valence-electron chi connectivity index (χ1n) is 7.00. The van der Waals surface area contributed by atoms with Gasteiger partial charge in [-0.05, 0) is 52.4 Å². The second-order valence-corrected chi connectivity index (χ2v) is 5.25. The smallest absolute Gasteiger partial charge is 0.326 e. The van der Waals surface area contributed by atoms with E-state index in [0.29, 0.717) is 13.0 Å². The van der Waals surface area contributed by atoms with Gasteiger partial charge in [-0.2, -0.15) is 0 Å². The van der Waals surface area contributed by atoms with E-state index in [2.05, 4.69) is 5.32 Å². The Bertz CT molecular complexity index is 447. The molecular formula is C16H25NO3. The Balaban J connectivity index is 2.67. The van der Waals surface area contributed by atoms with Gasteiger partial charge in [0.1, 0.15) is 11.3 Å². The Morgan fingerprint density at radius 3 is 2.70 bits per heavy atom. The third-order valence-electron chi connectivity index (χ3n) is 3.30. The van der Waals surface area contributed by atoms with E-state index in [-0.39, 0.29) is 12.1 Å². The molecular weight excluding hydrogens is 254 g/mol. The van der Waals surface area contributed by atoms with Crippen molar-refractivity contribution in [3.63, 3.8) is 0 Å². The largest absolute Gasteiger partial charge is 0.491 e. The topological polar surface area (TPSA) is 47.6 Å². The number of carbonyl (C=O) groups is 1. The van der Waals surface area contributed by atoms with Gasteiger partial charge in [0.2, 0.25) is 0 Å². The zero-order chi connectivity index (χ0) is 15.2. The third-order valence-corrected chi connectivity index (χ3v) is 3.30. The summed E-state index contributed by atoms with van der Waals surface area (Å²) in [5, 5.41) is 3.04. The lowest BCUT2D eigenvalue weighted by molar-refractivity contribution is -0.151. The fourth-order valence-corrected chi connectivity index (χ4v) is 2.12. The van der Waals surface area contributed by atoms with Crippen molar-refractivity contribution < 1.29 is 14.3 Å². The average Bonchev–Trinajstić information content (AvgIpc) is 2.38. The van der Waals surface area contributed by atoms with Gasteiger partial charge in [-0.1, -0.05) is 12.1 Å². The molecule has 0 spiro atoms. The molecule has 0 fully saturated rings. The van der Waals surface area contributed by atoms with Crippen molar-refractivity contribution in [1.29, 1.82) is 0 Å².